The molecule has 0 saturated heterocycles. The van der Waals surface area contributed by atoms with Gasteiger partial charge in [0, 0.05) is 18.7 Å². The van der Waals surface area contributed by atoms with Gasteiger partial charge in [0.1, 0.15) is 0 Å². The summed E-state index contributed by atoms with van der Waals surface area (Å²) in [7, 11) is -3.73. The summed E-state index contributed by atoms with van der Waals surface area (Å²) < 4.78 is 61.8. The molecule has 1 aromatic rings. The Balaban J connectivity index is 2.54. The summed E-state index contributed by atoms with van der Waals surface area (Å²) in [6.45, 7) is 1.67. The third kappa shape index (κ3) is 5.79. The van der Waals surface area contributed by atoms with Gasteiger partial charge in [-0.3, -0.25) is 0 Å². The Morgan fingerprint density at radius 3 is 2.40 bits per heavy atom. The molecule has 4 nitrogen and oxygen atoms in total. The van der Waals surface area contributed by atoms with Crippen molar-refractivity contribution in [3.05, 3.63) is 23.8 Å². The van der Waals surface area contributed by atoms with Gasteiger partial charge >= 0.3 is 6.18 Å². The van der Waals surface area contributed by atoms with Crippen LogP contribution < -0.4 is 10.5 Å². The van der Waals surface area contributed by atoms with Gasteiger partial charge in [-0.05, 0) is 43.5 Å². The van der Waals surface area contributed by atoms with Crippen LogP contribution in [0.1, 0.15) is 24.8 Å². The molecular weight excluding hydrogens is 293 g/mol. The number of unbranched alkanes of at least 4 members (excludes halogenated alkanes) is 1. The summed E-state index contributed by atoms with van der Waals surface area (Å²) in [5.74, 6) is 0. The van der Waals surface area contributed by atoms with Crippen molar-refractivity contribution >= 4 is 15.7 Å². The molecule has 0 heterocycles. The van der Waals surface area contributed by atoms with Gasteiger partial charge in [-0.15, -0.1) is 0 Å². The molecule has 0 aromatic heterocycles. The van der Waals surface area contributed by atoms with E-state index in [0.29, 0.717) is 11.3 Å². The molecule has 0 radical (unpaired) electrons. The summed E-state index contributed by atoms with van der Waals surface area (Å²) in [4.78, 5) is 0.0193. The third-order valence-electron chi connectivity index (χ3n) is 2.56. The number of rotatable bonds is 6. The maximum absolute atomic E-state index is 11.9. The largest absolute Gasteiger partial charge is 0.399 e. The van der Waals surface area contributed by atoms with Crippen molar-refractivity contribution in [2.45, 2.75) is 37.3 Å². The average molecular weight is 310 g/mol. The fraction of sp³-hybridized carbons (Fsp3) is 0.500. The molecule has 1 aromatic carbocycles. The third-order valence-corrected chi connectivity index (χ3v) is 4.00. The minimum atomic E-state index is -4.20. The quantitative estimate of drug-likeness (QED) is 0.626. The number of aryl methyl sites for hydroxylation is 1. The van der Waals surface area contributed by atoms with Crippen molar-refractivity contribution in [3.63, 3.8) is 0 Å². The molecule has 0 aliphatic carbocycles. The number of hydrogen-bond donors (Lipinski definition) is 2. The highest BCUT2D eigenvalue weighted by Crippen LogP contribution is 2.22. The van der Waals surface area contributed by atoms with E-state index in [0.717, 1.165) is 0 Å². The van der Waals surface area contributed by atoms with E-state index in [-0.39, 0.29) is 24.3 Å². The second-order valence-electron chi connectivity index (χ2n) is 4.55. The lowest BCUT2D eigenvalue weighted by Crippen LogP contribution is -2.25. The molecule has 0 saturated carbocycles. The van der Waals surface area contributed by atoms with Crippen molar-refractivity contribution < 1.29 is 21.6 Å². The Labute approximate surface area is 116 Å². The van der Waals surface area contributed by atoms with Crippen molar-refractivity contribution in [2.75, 3.05) is 12.3 Å². The average Bonchev–Trinajstić information content (AvgIpc) is 2.25. The predicted octanol–water partition coefficient (Wildman–Crippen LogP) is 2.59. The van der Waals surface area contributed by atoms with Crippen LogP contribution in [0.25, 0.3) is 0 Å². The predicted molar refractivity (Wildman–Crippen MR) is 70.7 cm³/mol. The number of nitrogens with one attached hydrogen (secondary N) is 1. The SMILES string of the molecule is Cc1cc(N)cc(S(=O)(=O)NCCCCC(F)(F)F)c1. The second kappa shape index (κ2) is 6.45. The molecule has 3 N–H and O–H groups in total. The van der Waals surface area contributed by atoms with Gasteiger partial charge in [-0.1, -0.05) is 0 Å². The van der Waals surface area contributed by atoms with Crippen molar-refractivity contribution in [1.82, 2.24) is 4.72 Å². The maximum Gasteiger partial charge on any atom is 0.389 e. The number of sulfonamides is 1. The Hall–Kier alpha value is -1.28. The van der Waals surface area contributed by atoms with E-state index in [4.69, 9.17) is 5.73 Å². The molecule has 0 aliphatic heterocycles. The summed E-state index contributed by atoms with van der Waals surface area (Å²) >= 11 is 0. The highest BCUT2D eigenvalue weighted by Gasteiger charge is 2.26. The van der Waals surface area contributed by atoms with E-state index < -0.39 is 22.6 Å². The molecule has 0 atom stereocenters. The Morgan fingerprint density at radius 1 is 1.20 bits per heavy atom. The molecule has 0 fully saturated rings. The van der Waals surface area contributed by atoms with Crippen LogP contribution in [-0.4, -0.2) is 21.1 Å². The van der Waals surface area contributed by atoms with Gasteiger partial charge in [0.25, 0.3) is 0 Å². The highest BCUT2D eigenvalue weighted by molar-refractivity contribution is 7.89. The Kier molecular flexibility index (Phi) is 5.41. The smallest absolute Gasteiger partial charge is 0.389 e. The van der Waals surface area contributed by atoms with Crippen LogP contribution in [0.15, 0.2) is 23.1 Å². The van der Waals surface area contributed by atoms with Crippen molar-refractivity contribution in [1.29, 1.82) is 0 Å². The van der Waals surface area contributed by atoms with Crippen LogP contribution >= 0.6 is 0 Å². The number of nitrogens with two attached hydrogens (primary N) is 1. The molecule has 20 heavy (non-hydrogen) atoms. The molecule has 8 heteroatoms. The Bertz CT molecular complexity index is 536. The number of anilines is 1. The minimum Gasteiger partial charge on any atom is -0.399 e. The lowest BCUT2D eigenvalue weighted by molar-refractivity contribution is -0.135. The Morgan fingerprint density at radius 2 is 1.85 bits per heavy atom. The molecule has 0 unspecified atom stereocenters. The van der Waals surface area contributed by atoms with E-state index in [1.54, 1.807) is 13.0 Å². The van der Waals surface area contributed by atoms with E-state index in [2.05, 4.69) is 4.72 Å². The van der Waals surface area contributed by atoms with Crippen molar-refractivity contribution in [3.8, 4) is 0 Å². The van der Waals surface area contributed by atoms with Gasteiger partial charge < -0.3 is 5.73 Å². The molecule has 0 spiro atoms. The standard InChI is InChI=1S/C12H17F3N2O2S/c1-9-6-10(16)8-11(7-9)20(18,19)17-5-3-2-4-12(13,14)15/h6-8,17H,2-5,16H2,1H3. The second-order valence-corrected chi connectivity index (χ2v) is 6.32. The van der Waals surface area contributed by atoms with E-state index in [9.17, 15) is 21.6 Å². The first-order valence-corrected chi connectivity index (χ1v) is 7.52. The van der Waals surface area contributed by atoms with E-state index in [1.807, 2.05) is 0 Å². The zero-order valence-corrected chi connectivity index (χ0v) is 11.8. The summed E-state index contributed by atoms with van der Waals surface area (Å²) in [6.07, 6.45) is -5.10. The first-order chi connectivity index (χ1) is 9.10. The van der Waals surface area contributed by atoms with Crippen LogP contribution in [0.3, 0.4) is 0 Å². The van der Waals surface area contributed by atoms with Gasteiger partial charge in [0.2, 0.25) is 10.0 Å². The maximum atomic E-state index is 11.9. The number of benzene rings is 1. The fourth-order valence-corrected chi connectivity index (χ4v) is 2.88. The van der Waals surface area contributed by atoms with Crippen LogP contribution in [0.4, 0.5) is 18.9 Å². The van der Waals surface area contributed by atoms with Gasteiger partial charge in [-0.25, -0.2) is 13.1 Å². The van der Waals surface area contributed by atoms with Gasteiger partial charge in [0.05, 0.1) is 4.90 Å². The summed E-state index contributed by atoms with van der Waals surface area (Å²) in [5, 5.41) is 0. The van der Waals surface area contributed by atoms with Crippen molar-refractivity contribution in [2.24, 2.45) is 0 Å². The van der Waals surface area contributed by atoms with Crippen LogP contribution in [0.2, 0.25) is 0 Å². The number of alkyl halides is 3. The minimum absolute atomic E-state index is 0.0193. The number of nitrogen functional groups attached to an aromatic ring is 1. The van der Waals surface area contributed by atoms with Crippen LogP contribution in [0.5, 0.6) is 0 Å². The molecule has 1 rings (SSSR count). The van der Waals surface area contributed by atoms with E-state index in [1.165, 1.54) is 12.1 Å². The first kappa shape index (κ1) is 16.8. The van der Waals surface area contributed by atoms with Gasteiger partial charge in [-0.2, -0.15) is 13.2 Å². The zero-order chi connectivity index (χ0) is 15.4. The summed E-state index contributed by atoms with van der Waals surface area (Å²) in [6, 6.07) is 4.39. The molecule has 0 amide bonds. The lowest BCUT2D eigenvalue weighted by Gasteiger charge is -2.09. The molecular formula is C12H17F3N2O2S. The molecule has 0 bridgehead atoms. The fourth-order valence-electron chi connectivity index (χ4n) is 1.67. The highest BCUT2D eigenvalue weighted by atomic mass is 32.2. The zero-order valence-electron chi connectivity index (χ0n) is 11.0. The normalized spacial score (nSPS) is 12.6. The summed E-state index contributed by atoms with van der Waals surface area (Å²) in [5.41, 5.74) is 6.58. The van der Waals surface area contributed by atoms with Crippen LogP contribution in [-0.2, 0) is 10.0 Å². The number of hydrogen-bond acceptors (Lipinski definition) is 3. The molecule has 0 aliphatic rings. The van der Waals surface area contributed by atoms with E-state index >= 15 is 0 Å². The number of halogens is 3. The molecule has 114 valence electrons. The lowest BCUT2D eigenvalue weighted by atomic mass is 10.2. The topological polar surface area (TPSA) is 72.2 Å². The van der Waals surface area contributed by atoms with Crippen LogP contribution in [0, 0.1) is 6.92 Å². The first-order valence-electron chi connectivity index (χ1n) is 6.04. The van der Waals surface area contributed by atoms with Gasteiger partial charge in [0.15, 0.2) is 0 Å². The monoisotopic (exact) mass is 310 g/mol.